The number of hydrogen-bond donors (Lipinski definition) is 2. The van der Waals surface area contributed by atoms with Gasteiger partial charge in [0.05, 0.1) is 0 Å². The van der Waals surface area contributed by atoms with Gasteiger partial charge in [-0.2, -0.15) is 0 Å². The van der Waals surface area contributed by atoms with E-state index in [0.717, 1.165) is 24.5 Å². The molecule has 2 unspecified atom stereocenters. The van der Waals surface area contributed by atoms with Gasteiger partial charge in [0.2, 0.25) is 0 Å². The fourth-order valence-corrected chi connectivity index (χ4v) is 3.28. The molecule has 0 radical (unpaired) electrons. The quantitative estimate of drug-likeness (QED) is 0.809. The van der Waals surface area contributed by atoms with Gasteiger partial charge in [-0.05, 0) is 50.0 Å². The van der Waals surface area contributed by atoms with Crippen molar-refractivity contribution < 1.29 is 9.90 Å². The summed E-state index contributed by atoms with van der Waals surface area (Å²) in [5, 5.41) is 13.2. The number of halogens is 1. The molecule has 1 heterocycles. The van der Waals surface area contributed by atoms with Crippen LogP contribution in [0.2, 0.25) is 5.02 Å². The standard InChI is InChI=1S/C17H25ClN2O2/c1-2-19-16(17(21)22)11-15-5-3-4-10-20(15)12-13-6-8-14(18)9-7-13/h6-9,15-16,19H,2-5,10-12H2,1H3,(H,21,22). The van der Waals surface area contributed by atoms with Crippen molar-refractivity contribution in [2.75, 3.05) is 13.1 Å². The van der Waals surface area contributed by atoms with E-state index in [1.165, 1.54) is 18.4 Å². The molecule has 0 aromatic heterocycles. The summed E-state index contributed by atoms with van der Waals surface area (Å²) in [6.07, 6.45) is 4.10. The fraction of sp³-hybridized carbons (Fsp3) is 0.588. The Labute approximate surface area is 137 Å². The van der Waals surface area contributed by atoms with E-state index in [-0.39, 0.29) is 0 Å². The zero-order chi connectivity index (χ0) is 15.9. The number of benzene rings is 1. The summed E-state index contributed by atoms with van der Waals surface area (Å²) in [4.78, 5) is 13.8. The fourth-order valence-electron chi connectivity index (χ4n) is 3.15. The van der Waals surface area contributed by atoms with Gasteiger partial charge in [0.15, 0.2) is 0 Å². The van der Waals surface area contributed by atoms with Crippen molar-refractivity contribution in [2.24, 2.45) is 0 Å². The number of hydrogen-bond acceptors (Lipinski definition) is 3. The maximum absolute atomic E-state index is 11.4. The average molecular weight is 325 g/mol. The van der Waals surface area contributed by atoms with Crippen LogP contribution in [-0.4, -0.2) is 41.1 Å². The van der Waals surface area contributed by atoms with Crippen molar-refractivity contribution in [1.82, 2.24) is 10.2 Å². The molecule has 1 aliphatic rings. The minimum atomic E-state index is -0.751. The van der Waals surface area contributed by atoms with Gasteiger partial charge >= 0.3 is 5.97 Å². The van der Waals surface area contributed by atoms with Crippen molar-refractivity contribution in [3.05, 3.63) is 34.9 Å². The number of piperidine rings is 1. The maximum atomic E-state index is 11.4. The molecular formula is C17H25ClN2O2. The molecule has 5 heteroatoms. The molecule has 22 heavy (non-hydrogen) atoms. The number of carbonyl (C=O) groups is 1. The second-order valence-electron chi connectivity index (χ2n) is 5.93. The van der Waals surface area contributed by atoms with Crippen LogP contribution in [0.4, 0.5) is 0 Å². The first-order valence-electron chi connectivity index (χ1n) is 8.05. The molecule has 1 aliphatic heterocycles. The van der Waals surface area contributed by atoms with Crippen molar-refractivity contribution in [2.45, 2.75) is 51.2 Å². The summed E-state index contributed by atoms with van der Waals surface area (Å²) in [5.41, 5.74) is 1.23. The van der Waals surface area contributed by atoms with E-state index >= 15 is 0 Å². The largest absolute Gasteiger partial charge is 0.480 e. The number of likely N-dealkylation sites (N-methyl/N-ethyl adjacent to an activating group) is 1. The Kier molecular flexibility index (Phi) is 6.68. The SMILES string of the molecule is CCNC(CC1CCCCN1Cc1ccc(Cl)cc1)C(=O)O. The van der Waals surface area contributed by atoms with Gasteiger partial charge in [0.1, 0.15) is 6.04 Å². The van der Waals surface area contributed by atoms with Gasteiger partial charge in [-0.3, -0.25) is 9.69 Å². The summed E-state index contributed by atoms with van der Waals surface area (Å²) in [6, 6.07) is 7.79. The lowest BCUT2D eigenvalue weighted by molar-refractivity contribution is -0.140. The third-order valence-corrected chi connectivity index (χ3v) is 4.56. The second-order valence-corrected chi connectivity index (χ2v) is 6.37. The van der Waals surface area contributed by atoms with Crippen LogP contribution in [0.15, 0.2) is 24.3 Å². The van der Waals surface area contributed by atoms with E-state index in [1.54, 1.807) is 0 Å². The predicted octanol–water partition coefficient (Wildman–Crippen LogP) is 3.15. The topological polar surface area (TPSA) is 52.6 Å². The first-order chi connectivity index (χ1) is 10.6. The van der Waals surface area contributed by atoms with E-state index in [2.05, 4.69) is 10.2 Å². The van der Waals surface area contributed by atoms with Crippen LogP contribution in [0.3, 0.4) is 0 Å². The highest BCUT2D eigenvalue weighted by atomic mass is 35.5. The van der Waals surface area contributed by atoms with E-state index in [4.69, 9.17) is 11.6 Å². The van der Waals surface area contributed by atoms with Gasteiger partial charge < -0.3 is 10.4 Å². The van der Waals surface area contributed by atoms with Crippen LogP contribution in [-0.2, 0) is 11.3 Å². The predicted molar refractivity (Wildman–Crippen MR) is 89.2 cm³/mol. The molecule has 0 bridgehead atoms. The molecule has 2 N–H and O–H groups in total. The van der Waals surface area contributed by atoms with Crippen molar-refractivity contribution in [3.63, 3.8) is 0 Å². The molecule has 0 spiro atoms. The molecule has 0 saturated carbocycles. The molecule has 2 rings (SSSR count). The highest BCUT2D eigenvalue weighted by Gasteiger charge is 2.28. The Hall–Kier alpha value is -1.10. The smallest absolute Gasteiger partial charge is 0.320 e. The molecular weight excluding hydrogens is 300 g/mol. The normalized spacial score (nSPS) is 20.7. The van der Waals surface area contributed by atoms with Crippen LogP contribution in [0.5, 0.6) is 0 Å². The minimum Gasteiger partial charge on any atom is -0.480 e. The van der Waals surface area contributed by atoms with Gasteiger partial charge in [0.25, 0.3) is 0 Å². The Balaban J connectivity index is 2.00. The van der Waals surface area contributed by atoms with E-state index < -0.39 is 12.0 Å². The first-order valence-corrected chi connectivity index (χ1v) is 8.42. The molecule has 1 aromatic rings. The molecule has 1 aromatic carbocycles. The summed E-state index contributed by atoms with van der Waals surface area (Å²) < 4.78 is 0. The summed E-state index contributed by atoms with van der Waals surface area (Å²) in [6.45, 7) is 4.52. The van der Waals surface area contributed by atoms with Gasteiger partial charge in [-0.15, -0.1) is 0 Å². The molecule has 0 amide bonds. The number of nitrogens with zero attached hydrogens (tertiary/aromatic N) is 1. The Morgan fingerprint density at radius 2 is 2.14 bits per heavy atom. The third kappa shape index (κ3) is 4.97. The van der Waals surface area contributed by atoms with Crippen LogP contribution in [0.25, 0.3) is 0 Å². The Morgan fingerprint density at radius 1 is 1.41 bits per heavy atom. The molecule has 4 nitrogen and oxygen atoms in total. The monoisotopic (exact) mass is 324 g/mol. The maximum Gasteiger partial charge on any atom is 0.320 e. The number of carboxylic acids is 1. The number of rotatable bonds is 7. The zero-order valence-electron chi connectivity index (χ0n) is 13.1. The number of likely N-dealkylation sites (tertiary alicyclic amines) is 1. The third-order valence-electron chi connectivity index (χ3n) is 4.30. The lowest BCUT2D eigenvalue weighted by Gasteiger charge is -2.37. The lowest BCUT2D eigenvalue weighted by atomic mass is 9.95. The molecule has 0 aliphatic carbocycles. The highest BCUT2D eigenvalue weighted by molar-refractivity contribution is 6.30. The van der Waals surface area contributed by atoms with Crippen LogP contribution in [0.1, 0.15) is 38.2 Å². The van der Waals surface area contributed by atoms with E-state index in [0.29, 0.717) is 19.0 Å². The molecule has 122 valence electrons. The summed E-state index contributed by atoms with van der Waals surface area (Å²) in [5.74, 6) is -0.751. The first kappa shape index (κ1) is 17.3. The average Bonchev–Trinajstić information content (AvgIpc) is 2.50. The van der Waals surface area contributed by atoms with Crippen LogP contribution in [0, 0.1) is 0 Å². The Morgan fingerprint density at radius 3 is 2.77 bits per heavy atom. The van der Waals surface area contributed by atoms with E-state index in [9.17, 15) is 9.90 Å². The number of carboxylic acid groups (broad SMARTS) is 1. The molecule has 2 atom stereocenters. The van der Waals surface area contributed by atoms with E-state index in [1.807, 2.05) is 31.2 Å². The second kappa shape index (κ2) is 8.51. The zero-order valence-corrected chi connectivity index (χ0v) is 13.9. The highest BCUT2D eigenvalue weighted by Crippen LogP contribution is 2.23. The van der Waals surface area contributed by atoms with Crippen molar-refractivity contribution in [3.8, 4) is 0 Å². The minimum absolute atomic E-state index is 0.324. The number of aliphatic carboxylic acids is 1. The lowest BCUT2D eigenvalue weighted by Crippen LogP contribution is -2.46. The van der Waals surface area contributed by atoms with Gasteiger partial charge in [0, 0.05) is 17.6 Å². The molecule has 1 saturated heterocycles. The van der Waals surface area contributed by atoms with Crippen molar-refractivity contribution >= 4 is 17.6 Å². The Bertz CT molecular complexity index is 478. The molecule has 1 fully saturated rings. The summed E-state index contributed by atoms with van der Waals surface area (Å²) in [7, 11) is 0. The van der Waals surface area contributed by atoms with Crippen LogP contribution < -0.4 is 5.32 Å². The van der Waals surface area contributed by atoms with Crippen LogP contribution >= 0.6 is 11.6 Å². The van der Waals surface area contributed by atoms with Gasteiger partial charge in [-0.1, -0.05) is 37.1 Å². The van der Waals surface area contributed by atoms with Gasteiger partial charge in [-0.25, -0.2) is 0 Å². The number of nitrogens with one attached hydrogen (secondary N) is 1. The van der Waals surface area contributed by atoms with Crippen molar-refractivity contribution in [1.29, 1.82) is 0 Å². The summed E-state index contributed by atoms with van der Waals surface area (Å²) >= 11 is 5.93.